The van der Waals surface area contributed by atoms with Gasteiger partial charge in [-0.2, -0.15) is 13.5 Å². The molecule has 0 unspecified atom stereocenters. The van der Waals surface area contributed by atoms with Gasteiger partial charge in [0.25, 0.3) is 10.0 Å². The number of hydrogen-bond donors (Lipinski definition) is 3. The average molecular weight is 295 g/mol. The molecule has 0 amide bonds. The van der Waals surface area contributed by atoms with E-state index >= 15 is 0 Å². The molecule has 0 saturated heterocycles. The van der Waals surface area contributed by atoms with E-state index in [0.717, 1.165) is 12.0 Å². The quantitative estimate of drug-likeness (QED) is 0.780. The molecule has 20 heavy (non-hydrogen) atoms. The standard InChI is InChI=1S/C13H17N3O3S/c1-3-10-5-4-6-11(7-10)16-20(18,19)13-12(8-17)9(2)14-15-13/h4-7,16-17H,3,8H2,1-2H3,(H,14,15). The summed E-state index contributed by atoms with van der Waals surface area (Å²) in [7, 11) is -3.81. The Labute approximate surface area is 117 Å². The van der Waals surface area contributed by atoms with Crippen LogP contribution < -0.4 is 4.72 Å². The Balaban J connectivity index is 2.35. The Bertz CT molecular complexity index is 707. The smallest absolute Gasteiger partial charge is 0.281 e. The summed E-state index contributed by atoms with van der Waals surface area (Å²) in [6.45, 7) is 3.28. The van der Waals surface area contributed by atoms with Crippen molar-refractivity contribution < 1.29 is 13.5 Å². The molecule has 0 atom stereocenters. The van der Waals surface area contributed by atoms with Crippen LogP contribution in [-0.2, 0) is 23.1 Å². The van der Waals surface area contributed by atoms with Crippen molar-refractivity contribution >= 4 is 15.7 Å². The van der Waals surface area contributed by atoms with E-state index in [4.69, 9.17) is 0 Å². The molecule has 0 fully saturated rings. The number of aliphatic hydroxyl groups is 1. The van der Waals surface area contributed by atoms with Gasteiger partial charge in [0.2, 0.25) is 5.03 Å². The molecular formula is C13H17N3O3S. The fourth-order valence-electron chi connectivity index (χ4n) is 1.90. The van der Waals surface area contributed by atoms with Gasteiger partial charge >= 0.3 is 0 Å². The highest BCUT2D eigenvalue weighted by atomic mass is 32.2. The van der Waals surface area contributed by atoms with E-state index in [-0.39, 0.29) is 17.2 Å². The molecule has 0 aliphatic carbocycles. The van der Waals surface area contributed by atoms with Crippen LogP contribution >= 0.6 is 0 Å². The van der Waals surface area contributed by atoms with Gasteiger partial charge < -0.3 is 5.11 Å². The molecule has 0 bridgehead atoms. The number of nitrogens with zero attached hydrogens (tertiary/aromatic N) is 1. The van der Waals surface area contributed by atoms with Gasteiger partial charge in [-0.15, -0.1) is 0 Å². The summed E-state index contributed by atoms with van der Waals surface area (Å²) in [5.74, 6) is 0. The van der Waals surface area contributed by atoms with Crippen molar-refractivity contribution in [2.45, 2.75) is 31.9 Å². The number of aliphatic hydroxyl groups excluding tert-OH is 1. The second kappa shape index (κ2) is 5.64. The van der Waals surface area contributed by atoms with E-state index in [1.807, 2.05) is 13.0 Å². The zero-order chi connectivity index (χ0) is 14.8. The normalized spacial score (nSPS) is 11.6. The van der Waals surface area contributed by atoms with Gasteiger partial charge in [-0.3, -0.25) is 9.82 Å². The Hall–Kier alpha value is -1.86. The number of anilines is 1. The van der Waals surface area contributed by atoms with E-state index in [1.165, 1.54) is 0 Å². The number of benzene rings is 1. The molecule has 6 nitrogen and oxygen atoms in total. The van der Waals surface area contributed by atoms with Crippen molar-refractivity contribution in [3.8, 4) is 0 Å². The first-order valence-corrected chi connectivity index (χ1v) is 7.72. The van der Waals surface area contributed by atoms with E-state index < -0.39 is 10.0 Å². The first-order chi connectivity index (χ1) is 9.47. The first kappa shape index (κ1) is 14.5. The molecule has 7 heteroatoms. The minimum atomic E-state index is -3.81. The number of aromatic amines is 1. The van der Waals surface area contributed by atoms with Crippen LogP contribution in [0.5, 0.6) is 0 Å². The minimum Gasteiger partial charge on any atom is -0.392 e. The van der Waals surface area contributed by atoms with E-state index in [1.54, 1.807) is 25.1 Å². The van der Waals surface area contributed by atoms with Crippen molar-refractivity contribution in [2.24, 2.45) is 0 Å². The SMILES string of the molecule is CCc1cccc(NS(=O)(=O)c2n[nH]c(C)c2CO)c1. The molecule has 1 aromatic heterocycles. The Kier molecular flexibility index (Phi) is 4.10. The van der Waals surface area contributed by atoms with Crippen LogP contribution in [0.1, 0.15) is 23.7 Å². The third-order valence-corrected chi connectivity index (χ3v) is 4.39. The zero-order valence-corrected chi connectivity index (χ0v) is 12.2. The maximum atomic E-state index is 12.3. The van der Waals surface area contributed by atoms with Gasteiger partial charge in [-0.1, -0.05) is 19.1 Å². The third-order valence-electron chi connectivity index (χ3n) is 3.04. The topological polar surface area (TPSA) is 95.1 Å². The number of rotatable bonds is 5. The summed E-state index contributed by atoms with van der Waals surface area (Å²) in [6.07, 6.45) is 0.818. The molecule has 1 aromatic carbocycles. The van der Waals surface area contributed by atoms with Crippen LogP contribution in [0.4, 0.5) is 5.69 Å². The predicted molar refractivity (Wildman–Crippen MR) is 75.9 cm³/mol. The largest absolute Gasteiger partial charge is 0.392 e. The fourth-order valence-corrected chi connectivity index (χ4v) is 3.14. The molecule has 108 valence electrons. The number of hydrogen-bond acceptors (Lipinski definition) is 4. The van der Waals surface area contributed by atoms with E-state index in [9.17, 15) is 13.5 Å². The maximum Gasteiger partial charge on any atom is 0.281 e. The van der Waals surface area contributed by atoms with Gasteiger partial charge in [0.1, 0.15) is 0 Å². The van der Waals surface area contributed by atoms with Crippen LogP contribution in [0.3, 0.4) is 0 Å². The number of nitrogens with one attached hydrogen (secondary N) is 2. The van der Waals surface area contributed by atoms with Crippen molar-refractivity contribution in [2.75, 3.05) is 4.72 Å². The number of H-pyrrole nitrogens is 1. The highest BCUT2D eigenvalue weighted by molar-refractivity contribution is 7.92. The van der Waals surface area contributed by atoms with Crippen molar-refractivity contribution in [1.29, 1.82) is 0 Å². The van der Waals surface area contributed by atoms with Crippen LogP contribution in [0.2, 0.25) is 0 Å². The molecule has 0 spiro atoms. The minimum absolute atomic E-state index is 0.167. The summed E-state index contributed by atoms with van der Waals surface area (Å²) in [4.78, 5) is 0. The lowest BCUT2D eigenvalue weighted by atomic mass is 10.1. The van der Waals surface area contributed by atoms with E-state index in [2.05, 4.69) is 14.9 Å². The Morgan fingerprint density at radius 2 is 2.15 bits per heavy atom. The number of aryl methyl sites for hydroxylation is 2. The Morgan fingerprint density at radius 1 is 1.40 bits per heavy atom. The molecular weight excluding hydrogens is 278 g/mol. The number of sulfonamides is 1. The summed E-state index contributed by atoms with van der Waals surface area (Å²) < 4.78 is 27.1. The van der Waals surface area contributed by atoms with Crippen LogP contribution in [0, 0.1) is 6.92 Å². The van der Waals surface area contributed by atoms with E-state index in [0.29, 0.717) is 11.4 Å². The molecule has 0 saturated carbocycles. The fraction of sp³-hybridized carbons (Fsp3) is 0.308. The molecule has 2 rings (SSSR count). The zero-order valence-electron chi connectivity index (χ0n) is 11.3. The summed E-state index contributed by atoms with van der Waals surface area (Å²) in [5, 5.41) is 15.4. The summed E-state index contributed by atoms with van der Waals surface area (Å²) in [5.41, 5.74) is 2.33. The van der Waals surface area contributed by atoms with Crippen LogP contribution in [0.25, 0.3) is 0 Å². The third kappa shape index (κ3) is 2.83. The van der Waals surface area contributed by atoms with Crippen molar-refractivity contribution in [3.63, 3.8) is 0 Å². The second-order valence-electron chi connectivity index (χ2n) is 4.45. The van der Waals surface area contributed by atoms with Crippen LogP contribution in [0.15, 0.2) is 29.3 Å². The second-order valence-corrected chi connectivity index (χ2v) is 6.05. The van der Waals surface area contributed by atoms with Crippen molar-refractivity contribution in [3.05, 3.63) is 41.1 Å². The lowest BCUT2D eigenvalue weighted by Gasteiger charge is -2.08. The molecule has 1 heterocycles. The van der Waals surface area contributed by atoms with Crippen LogP contribution in [-0.4, -0.2) is 23.7 Å². The summed E-state index contributed by atoms with van der Waals surface area (Å²) >= 11 is 0. The molecule has 2 aromatic rings. The van der Waals surface area contributed by atoms with Gasteiger partial charge in [-0.25, -0.2) is 0 Å². The van der Waals surface area contributed by atoms with Crippen molar-refractivity contribution in [1.82, 2.24) is 10.2 Å². The summed E-state index contributed by atoms with van der Waals surface area (Å²) in [6, 6.07) is 7.17. The molecule has 0 aliphatic rings. The van der Waals surface area contributed by atoms with Gasteiger partial charge in [-0.05, 0) is 31.0 Å². The highest BCUT2D eigenvalue weighted by Gasteiger charge is 2.23. The molecule has 0 aliphatic heterocycles. The first-order valence-electron chi connectivity index (χ1n) is 6.24. The number of aromatic nitrogens is 2. The van der Waals surface area contributed by atoms with Gasteiger partial charge in [0.15, 0.2) is 0 Å². The maximum absolute atomic E-state index is 12.3. The predicted octanol–water partition coefficient (Wildman–Crippen LogP) is 1.57. The highest BCUT2D eigenvalue weighted by Crippen LogP contribution is 2.20. The Morgan fingerprint density at radius 3 is 2.80 bits per heavy atom. The average Bonchev–Trinajstić information content (AvgIpc) is 2.80. The van der Waals surface area contributed by atoms with Gasteiger partial charge in [0.05, 0.1) is 6.61 Å². The molecule has 0 radical (unpaired) electrons. The molecule has 3 N–H and O–H groups in total. The lowest BCUT2D eigenvalue weighted by molar-refractivity contribution is 0.277. The lowest BCUT2D eigenvalue weighted by Crippen LogP contribution is -2.15. The monoisotopic (exact) mass is 295 g/mol. The van der Waals surface area contributed by atoms with Gasteiger partial charge in [0, 0.05) is 16.9 Å².